The van der Waals surface area contributed by atoms with Gasteiger partial charge in [0.2, 0.25) is 11.9 Å². The molecule has 1 fully saturated rings. The fraction of sp³-hybridized carbons (Fsp3) is 0.440. The van der Waals surface area contributed by atoms with Gasteiger partial charge in [0.15, 0.2) is 5.72 Å². The van der Waals surface area contributed by atoms with Crippen molar-refractivity contribution in [1.82, 2.24) is 20.3 Å². The van der Waals surface area contributed by atoms with Crippen molar-refractivity contribution in [2.45, 2.75) is 57.9 Å². The molecule has 36 heavy (non-hydrogen) atoms. The van der Waals surface area contributed by atoms with E-state index in [0.29, 0.717) is 37.7 Å². The zero-order chi connectivity index (χ0) is 25.3. The Bertz CT molecular complexity index is 1280. The Balaban J connectivity index is 1.47. The lowest BCUT2D eigenvalue weighted by Crippen LogP contribution is -2.49. The Kier molecular flexibility index (Phi) is 7.07. The second-order valence-electron chi connectivity index (χ2n) is 9.29. The second kappa shape index (κ2) is 10.3. The average molecular weight is 527 g/mol. The quantitative estimate of drug-likeness (QED) is 0.282. The highest BCUT2D eigenvalue weighted by Crippen LogP contribution is 2.41. The molecule has 0 aliphatic heterocycles. The molecule has 3 aromatic heterocycles. The molecule has 3 atom stereocenters. The number of aliphatic hydroxyl groups excluding tert-OH is 1. The van der Waals surface area contributed by atoms with Crippen LogP contribution in [0.2, 0.25) is 0 Å². The molecule has 1 saturated carbocycles. The molecular weight excluding hydrogens is 496 g/mol. The van der Waals surface area contributed by atoms with Crippen molar-refractivity contribution < 1.29 is 15.0 Å². The predicted octanol–water partition coefficient (Wildman–Crippen LogP) is 3.55. The largest absolute Gasteiger partial charge is 0.388 e. The van der Waals surface area contributed by atoms with Gasteiger partial charge in [0.25, 0.3) is 0 Å². The Morgan fingerprint density at radius 1 is 1.31 bits per heavy atom. The van der Waals surface area contributed by atoms with Gasteiger partial charge in [0.1, 0.15) is 16.9 Å². The minimum absolute atomic E-state index is 0.164. The van der Waals surface area contributed by atoms with E-state index in [0.717, 1.165) is 44.6 Å². The summed E-state index contributed by atoms with van der Waals surface area (Å²) in [5.41, 5.74) is 0.899. The molecule has 3 heterocycles. The monoisotopic (exact) mass is 526 g/mol. The number of hydrogen-bond donors (Lipinski definition) is 5. The van der Waals surface area contributed by atoms with Crippen LogP contribution in [0.15, 0.2) is 23.6 Å². The van der Waals surface area contributed by atoms with Crippen LogP contribution in [0.25, 0.3) is 16.6 Å². The van der Waals surface area contributed by atoms with Crippen LogP contribution < -0.4 is 16.0 Å². The average Bonchev–Trinajstić information content (AvgIpc) is 3.57. The summed E-state index contributed by atoms with van der Waals surface area (Å²) in [5.74, 6) is 0.418. The van der Waals surface area contributed by atoms with E-state index in [1.807, 2.05) is 24.4 Å². The highest BCUT2D eigenvalue weighted by molar-refractivity contribution is 7.16. The van der Waals surface area contributed by atoms with Gasteiger partial charge < -0.3 is 26.2 Å². The third-order valence-corrected chi connectivity index (χ3v) is 8.59. The fourth-order valence-electron chi connectivity index (χ4n) is 4.70. The smallest absolute Gasteiger partial charge is 0.225 e. The summed E-state index contributed by atoms with van der Waals surface area (Å²) in [7, 11) is 0. The van der Waals surface area contributed by atoms with Gasteiger partial charge in [-0.25, -0.2) is 9.97 Å². The van der Waals surface area contributed by atoms with Crippen molar-refractivity contribution in [1.29, 1.82) is 0 Å². The van der Waals surface area contributed by atoms with Crippen LogP contribution in [0.4, 0.5) is 11.8 Å². The number of allylic oxidation sites excluding steroid dienone is 1. The van der Waals surface area contributed by atoms with E-state index in [2.05, 4.69) is 28.1 Å². The molecule has 5 rings (SSSR count). The summed E-state index contributed by atoms with van der Waals surface area (Å²) in [6, 6.07) is 4.04. The molecule has 11 heteroatoms. The molecule has 9 nitrogen and oxygen atoms in total. The number of aliphatic hydroxyl groups is 2. The lowest BCUT2D eigenvalue weighted by Gasteiger charge is -2.31. The summed E-state index contributed by atoms with van der Waals surface area (Å²) in [4.78, 5) is 27.9. The second-order valence-corrected chi connectivity index (χ2v) is 11.4. The lowest BCUT2D eigenvalue weighted by molar-refractivity contribution is -0.119. The molecule has 2 aliphatic rings. The maximum atomic E-state index is 11.5. The molecule has 0 aromatic carbocycles. The van der Waals surface area contributed by atoms with Crippen LogP contribution in [0.3, 0.4) is 0 Å². The van der Waals surface area contributed by atoms with Crippen LogP contribution >= 0.6 is 22.7 Å². The number of nitrogens with zero attached hydrogens (tertiary/aromatic N) is 3. The Hall–Kier alpha value is -2.86. The van der Waals surface area contributed by atoms with Gasteiger partial charge in [-0.15, -0.1) is 22.7 Å². The van der Waals surface area contributed by atoms with Crippen LogP contribution in [-0.4, -0.2) is 49.4 Å². The number of nitrogens with one attached hydrogen (secondary N) is 3. The highest BCUT2D eigenvalue weighted by Gasteiger charge is 2.47. The molecule has 2 aliphatic carbocycles. The number of fused-ring (bicyclic) bond motifs is 1. The highest BCUT2D eigenvalue weighted by atomic mass is 32.1. The number of carbonyl (C=O) groups excluding carboxylic acids is 1. The van der Waals surface area contributed by atoms with Crippen LogP contribution in [0.1, 0.15) is 47.3 Å². The molecule has 0 radical (unpaired) electrons. The third kappa shape index (κ3) is 5.15. The third-order valence-electron chi connectivity index (χ3n) is 6.63. The van der Waals surface area contributed by atoms with Crippen molar-refractivity contribution in [2.75, 3.05) is 17.2 Å². The first kappa shape index (κ1) is 24.8. The van der Waals surface area contributed by atoms with Gasteiger partial charge in [-0.05, 0) is 50.1 Å². The van der Waals surface area contributed by atoms with Gasteiger partial charge in [-0.3, -0.25) is 4.79 Å². The summed E-state index contributed by atoms with van der Waals surface area (Å²) < 4.78 is 0. The van der Waals surface area contributed by atoms with Crippen LogP contribution in [0, 0.1) is 12.8 Å². The minimum Gasteiger partial charge on any atom is -0.388 e. The SMILES string of the molecule is CC(=O)NCC1CCC(O)(Nc2nc(NCc3cccs3)nc(C)c2-c2nc3c(s2)C=CCC3)C1O. The van der Waals surface area contributed by atoms with Crippen molar-refractivity contribution in [3.63, 3.8) is 0 Å². The standard InChI is InChI=1S/C25H30N6O3S2/c1-14-20(23-29-18-7-3-4-8-19(18)36-23)22(30-24(28-14)27-13-17-6-5-11-35-17)31-25(34)10-9-16(21(25)33)12-26-15(2)32/h4-6,8,11,16,21,33-34H,3,7,9-10,12-13H2,1-2H3,(H,26,32)(H2,27,28,30,31). The summed E-state index contributed by atoms with van der Waals surface area (Å²) in [6.45, 7) is 4.23. The number of hydrogen-bond acceptors (Lipinski definition) is 10. The molecule has 0 saturated heterocycles. The lowest BCUT2D eigenvalue weighted by atomic mass is 10.0. The van der Waals surface area contributed by atoms with E-state index < -0.39 is 11.8 Å². The predicted molar refractivity (Wildman–Crippen MR) is 143 cm³/mol. The van der Waals surface area contributed by atoms with Crippen molar-refractivity contribution in [2.24, 2.45) is 5.92 Å². The Labute approximate surface area is 217 Å². The fourth-order valence-corrected chi connectivity index (χ4v) is 6.48. The number of amides is 1. The van der Waals surface area contributed by atoms with E-state index in [9.17, 15) is 15.0 Å². The number of thiophene rings is 1. The van der Waals surface area contributed by atoms with Gasteiger partial charge in [0.05, 0.1) is 28.4 Å². The van der Waals surface area contributed by atoms with Gasteiger partial charge >= 0.3 is 0 Å². The maximum absolute atomic E-state index is 11.5. The van der Waals surface area contributed by atoms with Crippen molar-refractivity contribution in [3.05, 3.63) is 44.7 Å². The van der Waals surface area contributed by atoms with E-state index in [1.54, 1.807) is 22.7 Å². The first-order valence-corrected chi connectivity index (χ1v) is 13.8. The summed E-state index contributed by atoms with van der Waals surface area (Å²) >= 11 is 3.22. The summed E-state index contributed by atoms with van der Waals surface area (Å²) in [5, 5.41) is 34.4. The van der Waals surface area contributed by atoms with Crippen molar-refractivity contribution in [3.8, 4) is 10.6 Å². The van der Waals surface area contributed by atoms with E-state index in [1.165, 1.54) is 6.92 Å². The van der Waals surface area contributed by atoms with Gasteiger partial charge in [-0.1, -0.05) is 12.1 Å². The van der Waals surface area contributed by atoms with Gasteiger partial charge in [0, 0.05) is 24.3 Å². The maximum Gasteiger partial charge on any atom is 0.225 e. The number of rotatable bonds is 8. The Morgan fingerprint density at radius 3 is 2.92 bits per heavy atom. The first-order valence-electron chi connectivity index (χ1n) is 12.1. The van der Waals surface area contributed by atoms with E-state index >= 15 is 0 Å². The molecule has 3 aromatic rings. The molecule has 5 N–H and O–H groups in total. The molecule has 190 valence electrons. The number of aryl methyl sites for hydroxylation is 2. The Morgan fingerprint density at radius 2 is 2.17 bits per heavy atom. The number of carbonyl (C=O) groups is 1. The first-order chi connectivity index (χ1) is 17.3. The minimum atomic E-state index is -1.60. The normalized spacial score (nSPS) is 22.9. The molecule has 1 amide bonds. The molecular formula is C25H30N6O3S2. The molecule has 3 unspecified atom stereocenters. The topological polar surface area (TPSA) is 132 Å². The number of anilines is 2. The van der Waals surface area contributed by atoms with Crippen molar-refractivity contribution >= 4 is 46.4 Å². The number of aromatic nitrogens is 3. The van der Waals surface area contributed by atoms with Gasteiger partial charge in [-0.2, -0.15) is 4.98 Å². The molecule has 0 bridgehead atoms. The van der Waals surface area contributed by atoms with Crippen LogP contribution in [0.5, 0.6) is 0 Å². The summed E-state index contributed by atoms with van der Waals surface area (Å²) in [6.07, 6.45) is 5.89. The van der Waals surface area contributed by atoms with E-state index in [4.69, 9.17) is 15.0 Å². The van der Waals surface area contributed by atoms with E-state index in [-0.39, 0.29) is 11.8 Å². The number of thiazole rings is 1. The zero-order valence-corrected chi connectivity index (χ0v) is 21.9. The molecule has 0 spiro atoms. The zero-order valence-electron chi connectivity index (χ0n) is 20.2. The van der Waals surface area contributed by atoms with Crippen LogP contribution in [-0.2, 0) is 17.8 Å².